The number of nitro groups is 1. The molecule has 0 aliphatic carbocycles. The van der Waals surface area contributed by atoms with E-state index in [1.807, 2.05) is 35.7 Å². The van der Waals surface area contributed by atoms with Crippen LogP contribution in [0.1, 0.15) is 15.9 Å². The van der Waals surface area contributed by atoms with Crippen LogP contribution in [0.4, 0.5) is 16.5 Å². The summed E-state index contributed by atoms with van der Waals surface area (Å²) >= 11 is 2.62. The molecular formula is C37H27N5O5S2. The average Bonchev–Trinajstić information content (AvgIpc) is 3.59. The third-order valence-electron chi connectivity index (χ3n) is 7.22. The second-order valence-electron chi connectivity index (χ2n) is 10.6. The Morgan fingerprint density at radius 3 is 2.39 bits per heavy atom. The Morgan fingerprint density at radius 2 is 1.57 bits per heavy atom. The number of fused-ring (bicyclic) bond motifs is 1. The van der Waals surface area contributed by atoms with E-state index in [9.17, 15) is 24.5 Å². The van der Waals surface area contributed by atoms with Crippen molar-refractivity contribution in [2.24, 2.45) is 0 Å². The number of nitro benzene ring substituents is 1. The third-order valence-corrected chi connectivity index (χ3v) is 8.97. The number of carbonyl (C=O) groups excluding carboxylic acids is 3. The Kier molecular flexibility index (Phi) is 10.2. The van der Waals surface area contributed by atoms with Gasteiger partial charge in [-0.2, -0.15) is 0 Å². The van der Waals surface area contributed by atoms with Gasteiger partial charge in [0.05, 0.1) is 21.9 Å². The van der Waals surface area contributed by atoms with E-state index in [1.54, 1.807) is 60.7 Å². The first-order valence-corrected chi connectivity index (χ1v) is 16.8. The van der Waals surface area contributed by atoms with Gasteiger partial charge in [0.15, 0.2) is 5.13 Å². The summed E-state index contributed by atoms with van der Waals surface area (Å²) in [5, 5.41) is 24.4. The number of nitrogens with one attached hydrogen (secondary N) is 3. The van der Waals surface area contributed by atoms with E-state index in [2.05, 4.69) is 33.1 Å². The van der Waals surface area contributed by atoms with Crippen molar-refractivity contribution >= 4 is 74.2 Å². The molecule has 242 valence electrons. The van der Waals surface area contributed by atoms with Crippen LogP contribution >= 0.6 is 23.1 Å². The van der Waals surface area contributed by atoms with Crippen molar-refractivity contribution in [3.05, 3.63) is 154 Å². The molecule has 0 bridgehead atoms. The van der Waals surface area contributed by atoms with Crippen molar-refractivity contribution in [2.75, 3.05) is 16.4 Å². The van der Waals surface area contributed by atoms with Crippen LogP contribution < -0.4 is 16.0 Å². The Hall–Kier alpha value is -6.11. The minimum absolute atomic E-state index is 0.0955. The topological polar surface area (TPSA) is 143 Å². The summed E-state index contributed by atoms with van der Waals surface area (Å²) in [5.41, 5.74) is 2.18. The lowest BCUT2D eigenvalue weighted by atomic mass is 10.1. The highest BCUT2D eigenvalue weighted by Gasteiger charge is 2.19. The molecule has 0 saturated carbocycles. The van der Waals surface area contributed by atoms with Crippen LogP contribution in [0.5, 0.6) is 0 Å². The maximum Gasteiger partial charge on any atom is 0.276 e. The van der Waals surface area contributed by atoms with Gasteiger partial charge in [-0.15, -0.1) is 23.1 Å². The second kappa shape index (κ2) is 15.2. The molecule has 0 atom stereocenters. The van der Waals surface area contributed by atoms with E-state index in [1.165, 1.54) is 47.4 Å². The zero-order valence-electron chi connectivity index (χ0n) is 25.7. The Bertz CT molecular complexity index is 2220. The fraction of sp³-hybridized carbons (Fsp3) is 0.0270. The van der Waals surface area contributed by atoms with Gasteiger partial charge in [-0.25, -0.2) is 4.98 Å². The summed E-state index contributed by atoms with van der Waals surface area (Å²) in [6, 6.07) is 35.3. The van der Waals surface area contributed by atoms with Crippen molar-refractivity contribution < 1.29 is 19.3 Å². The quantitative estimate of drug-likeness (QED) is 0.0543. The fourth-order valence-corrected chi connectivity index (χ4v) is 6.34. The first kappa shape index (κ1) is 32.8. The normalized spacial score (nSPS) is 11.1. The Labute approximate surface area is 289 Å². The number of thiazole rings is 1. The molecule has 3 amide bonds. The molecule has 12 heteroatoms. The molecule has 5 aromatic carbocycles. The van der Waals surface area contributed by atoms with Gasteiger partial charge in [0, 0.05) is 33.2 Å². The van der Waals surface area contributed by atoms with Gasteiger partial charge in [0.2, 0.25) is 5.91 Å². The molecule has 1 heterocycles. The van der Waals surface area contributed by atoms with Gasteiger partial charge in [-0.1, -0.05) is 72.8 Å². The van der Waals surface area contributed by atoms with Gasteiger partial charge in [-0.05, 0) is 59.3 Å². The number of para-hydroxylation sites is 1. The summed E-state index contributed by atoms with van der Waals surface area (Å²) in [6.45, 7) is 0. The highest BCUT2D eigenvalue weighted by Crippen LogP contribution is 2.29. The molecule has 0 fully saturated rings. The SMILES string of the molecule is O=C(CSc1cccc(NC(=O)/C(=C\c2ccccc2[N+](=O)[O-])NC(=O)c2ccccc2)c1)Nc1nc(-c2ccc3ccccc3c2)cs1. The molecule has 0 radical (unpaired) electrons. The maximum atomic E-state index is 13.5. The molecular weight excluding hydrogens is 659 g/mol. The number of carbonyl (C=O) groups is 3. The fourth-order valence-electron chi connectivity index (χ4n) is 4.85. The Balaban J connectivity index is 1.11. The number of rotatable bonds is 11. The standard InChI is InChI=1S/C37H27N5O5S2/c43-34(41-37-40-32(22-49-37)27-18-17-24-9-4-5-12-26(24)19-27)23-48-30-15-8-14-29(21-30)38-36(45)31(39-35(44)25-10-2-1-3-11-25)20-28-13-6-7-16-33(28)42(46)47/h1-22H,23H2,(H,38,45)(H,39,44)(H,40,41,43)/b31-20+. The number of hydrogen-bond donors (Lipinski definition) is 3. The number of benzene rings is 5. The van der Waals surface area contributed by atoms with Crippen LogP contribution in [0.15, 0.2) is 137 Å². The van der Waals surface area contributed by atoms with Crippen LogP contribution in [0, 0.1) is 10.1 Å². The van der Waals surface area contributed by atoms with Crippen molar-refractivity contribution in [1.29, 1.82) is 0 Å². The van der Waals surface area contributed by atoms with E-state index in [0.29, 0.717) is 21.3 Å². The maximum absolute atomic E-state index is 13.5. The minimum Gasteiger partial charge on any atom is -0.321 e. The lowest BCUT2D eigenvalue weighted by Crippen LogP contribution is -2.30. The van der Waals surface area contributed by atoms with Crippen LogP contribution in [0.2, 0.25) is 0 Å². The third kappa shape index (κ3) is 8.44. The molecule has 0 saturated heterocycles. The average molecular weight is 686 g/mol. The largest absolute Gasteiger partial charge is 0.321 e. The number of amides is 3. The minimum atomic E-state index is -0.687. The molecule has 0 aliphatic rings. The smallest absolute Gasteiger partial charge is 0.276 e. The van der Waals surface area contributed by atoms with Crippen molar-refractivity contribution in [3.63, 3.8) is 0 Å². The molecule has 3 N–H and O–H groups in total. The number of nitrogens with zero attached hydrogens (tertiary/aromatic N) is 2. The van der Waals surface area contributed by atoms with E-state index < -0.39 is 16.7 Å². The van der Waals surface area contributed by atoms with Crippen LogP contribution in [0.25, 0.3) is 28.1 Å². The molecule has 10 nitrogen and oxygen atoms in total. The zero-order chi connectivity index (χ0) is 34.2. The number of anilines is 2. The first-order chi connectivity index (χ1) is 23.8. The summed E-state index contributed by atoms with van der Waals surface area (Å²) in [4.78, 5) is 55.6. The highest BCUT2D eigenvalue weighted by molar-refractivity contribution is 8.00. The summed E-state index contributed by atoms with van der Waals surface area (Å²) < 4.78 is 0. The van der Waals surface area contributed by atoms with Gasteiger partial charge in [0.25, 0.3) is 17.5 Å². The van der Waals surface area contributed by atoms with Crippen LogP contribution in [0.3, 0.4) is 0 Å². The zero-order valence-corrected chi connectivity index (χ0v) is 27.3. The molecule has 6 rings (SSSR count). The van der Waals surface area contributed by atoms with Crippen molar-refractivity contribution in [1.82, 2.24) is 10.3 Å². The molecule has 1 aromatic heterocycles. The van der Waals surface area contributed by atoms with Gasteiger partial charge < -0.3 is 16.0 Å². The number of aromatic nitrogens is 1. The van der Waals surface area contributed by atoms with E-state index >= 15 is 0 Å². The van der Waals surface area contributed by atoms with Crippen LogP contribution in [-0.2, 0) is 9.59 Å². The van der Waals surface area contributed by atoms with E-state index in [0.717, 1.165) is 22.0 Å². The van der Waals surface area contributed by atoms with Gasteiger partial charge in [0.1, 0.15) is 5.70 Å². The van der Waals surface area contributed by atoms with Crippen LogP contribution in [-0.4, -0.2) is 33.4 Å². The second-order valence-corrected chi connectivity index (χ2v) is 12.5. The van der Waals surface area contributed by atoms with E-state index in [-0.39, 0.29) is 28.6 Å². The lowest BCUT2D eigenvalue weighted by molar-refractivity contribution is -0.385. The first-order valence-electron chi connectivity index (χ1n) is 14.9. The lowest BCUT2D eigenvalue weighted by Gasteiger charge is -2.12. The van der Waals surface area contributed by atoms with E-state index in [4.69, 9.17) is 0 Å². The monoisotopic (exact) mass is 685 g/mol. The van der Waals surface area contributed by atoms with Crippen molar-refractivity contribution in [2.45, 2.75) is 4.90 Å². The van der Waals surface area contributed by atoms with Gasteiger partial charge >= 0.3 is 0 Å². The predicted molar refractivity (Wildman–Crippen MR) is 194 cm³/mol. The summed E-state index contributed by atoms with van der Waals surface area (Å²) in [7, 11) is 0. The molecule has 0 spiro atoms. The molecule has 49 heavy (non-hydrogen) atoms. The van der Waals surface area contributed by atoms with Gasteiger partial charge in [-0.3, -0.25) is 24.5 Å². The predicted octanol–water partition coefficient (Wildman–Crippen LogP) is 8.01. The van der Waals surface area contributed by atoms with Crippen molar-refractivity contribution in [3.8, 4) is 11.3 Å². The number of thioether (sulfide) groups is 1. The Morgan fingerprint density at radius 1 is 0.816 bits per heavy atom. The molecule has 0 unspecified atom stereocenters. The summed E-state index contributed by atoms with van der Waals surface area (Å²) in [6.07, 6.45) is 1.27. The summed E-state index contributed by atoms with van der Waals surface area (Å²) in [5.74, 6) is -1.39. The molecule has 0 aliphatic heterocycles. The number of hydrogen-bond acceptors (Lipinski definition) is 8. The molecule has 6 aromatic rings. The highest BCUT2D eigenvalue weighted by atomic mass is 32.2.